The van der Waals surface area contributed by atoms with E-state index in [1.807, 2.05) is 0 Å². The van der Waals surface area contributed by atoms with Crippen LogP contribution in [0.25, 0.3) is 0 Å². The zero-order valence-corrected chi connectivity index (χ0v) is 7.89. The second kappa shape index (κ2) is 6.05. The van der Waals surface area contributed by atoms with Crippen LogP contribution in [0.1, 0.15) is 44.9 Å². The maximum Gasteiger partial charge on any atom is -0.0139 e. The highest BCUT2D eigenvalue weighted by Gasteiger charge is 1.97. The molecular weight excluding hydrogens is 144 g/mol. The fourth-order valence-electron chi connectivity index (χ4n) is 1.56. The van der Waals surface area contributed by atoms with E-state index in [9.17, 15) is 0 Å². The van der Waals surface area contributed by atoms with E-state index < -0.39 is 0 Å². The zero-order chi connectivity index (χ0) is 8.65. The Labute approximate surface area is 76.4 Å². The van der Waals surface area contributed by atoms with E-state index in [0.29, 0.717) is 0 Å². The highest BCUT2D eigenvalue weighted by Crippen LogP contribution is 2.17. The molecule has 0 bridgehead atoms. The molecular formula is C12H19. The van der Waals surface area contributed by atoms with Gasteiger partial charge in [-0.2, -0.15) is 0 Å². The van der Waals surface area contributed by atoms with Gasteiger partial charge < -0.3 is 0 Å². The summed E-state index contributed by atoms with van der Waals surface area (Å²) in [6.07, 6.45) is 15.7. The minimum absolute atomic E-state index is 1.10. The van der Waals surface area contributed by atoms with Crippen LogP contribution >= 0.6 is 0 Å². The Morgan fingerprint density at radius 1 is 1.17 bits per heavy atom. The molecule has 0 heterocycles. The summed E-state index contributed by atoms with van der Waals surface area (Å²) < 4.78 is 0. The summed E-state index contributed by atoms with van der Waals surface area (Å²) in [5.41, 5.74) is 1.64. The van der Waals surface area contributed by atoms with Gasteiger partial charge in [0.05, 0.1) is 0 Å². The van der Waals surface area contributed by atoms with Gasteiger partial charge in [-0.05, 0) is 25.7 Å². The van der Waals surface area contributed by atoms with Crippen LogP contribution in [0, 0.1) is 6.92 Å². The average Bonchev–Trinajstić information content (AvgIpc) is 2.14. The van der Waals surface area contributed by atoms with Gasteiger partial charge >= 0.3 is 0 Å². The van der Waals surface area contributed by atoms with Gasteiger partial charge in [0.25, 0.3) is 0 Å². The molecule has 12 heavy (non-hydrogen) atoms. The van der Waals surface area contributed by atoms with Crippen LogP contribution in [0.4, 0.5) is 0 Å². The topological polar surface area (TPSA) is 0 Å². The zero-order valence-electron chi connectivity index (χ0n) is 7.89. The molecule has 1 aliphatic carbocycles. The Kier molecular flexibility index (Phi) is 4.82. The van der Waals surface area contributed by atoms with Crippen LogP contribution in [0.3, 0.4) is 0 Å². The standard InChI is InChI=1S/C12H19/c1-2-3-4-6-9-12-10-7-5-8-11-12/h5,7,11H,1-4,6,8-10H2. The van der Waals surface area contributed by atoms with Gasteiger partial charge in [0.1, 0.15) is 0 Å². The minimum Gasteiger partial charge on any atom is -0.0844 e. The smallest absolute Gasteiger partial charge is 0.0139 e. The van der Waals surface area contributed by atoms with E-state index in [0.717, 1.165) is 12.8 Å². The molecule has 0 atom stereocenters. The molecule has 1 rings (SSSR count). The summed E-state index contributed by atoms with van der Waals surface area (Å²) in [6.45, 7) is 3.84. The second-order valence-corrected chi connectivity index (χ2v) is 3.44. The summed E-state index contributed by atoms with van der Waals surface area (Å²) in [4.78, 5) is 0. The summed E-state index contributed by atoms with van der Waals surface area (Å²) >= 11 is 0. The lowest BCUT2D eigenvalue weighted by Crippen LogP contribution is -1.87. The molecule has 0 spiro atoms. The molecule has 0 unspecified atom stereocenters. The van der Waals surface area contributed by atoms with Crippen LogP contribution in [0.15, 0.2) is 23.8 Å². The van der Waals surface area contributed by atoms with Gasteiger partial charge in [0.15, 0.2) is 0 Å². The van der Waals surface area contributed by atoms with Crippen molar-refractivity contribution >= 4 is 0 Å². The predicted octanol–water partition coefficient (Wildman–Crippen LogP) is 4.05. The number of rotatable bonds is 5. The summed E-state index contributed by atoms with van der Waals surface area (Å²) in [5.74, 6) is 0. The largest absolute Gasteiger partial charge is 0.0844 e. The van der Waals surface area contributed by atoms with Crippen LogP contribution in [0.5, 0.6) is 0 Å². The summed E-state index contributed by atoms with van der Waals surface area (Å²) in [7, 11) is 0. The number of unbranched alkanes of at least 4 members (excludes halogenated alkanes) is 3. The Hall–Kier alpha value is -0.520. The first-order chi connectivity index (χ1) is 5.93. The first kappa shape index (κ1) is 9.57. The fourth-order valence-corrected chi connectivity index (χ4v) is 1.56. The van der Waals surface area contributed by atoms with Gasteiger partial charge in [0.2, 0.25) is 0 Å². The second-order valence-electron chi connectivity index (χ2n) is 3.44. The minimum atomic E-state index is 1.10. The van der Waals surface area contributed by atoms with Gasteiger partial charge in [0, 0.05) is 0 Å². The molecule has 0 N–H and O–H groups in total. The molecule has 0 heteroatoms. The van der Waals surface area contributed by atoms with Crippen molar-refractivity contribution in [2.45, 2.75) is 44.9 Å². The van der Waals surface area contributed by atoms with Crippen molar-refractivity contribution in [3.05, 3.63) is 30.7 Å². The van der Waals surface area contributed by atoms with Gasteiger partial charge in [-0.15, -0.1) is 0 Å². The van der Waals surface area contributed by atoms with E-state index >= 15 is 0 Å². The van der Waals surface area contributed by atoms with E-state index in [2.05, 4.69) is 25.2 Å². The molecule has 0 aliphatic heterocycles. The first-order valence-corrected chi connectivity index (χ1v) is 5.05. The monoisotopic (exact) mass is 163 g/mol. The Morgan fingerprint density at radius 2 is 2.08 bits per heavy atom. The van der Waals surface area contributed by atoms with Crippen molar-refractivity contribution in [1.82, 2.24) is 0 Å². The summed E-state index contributed by atoms with van der Waals surface area (Å²) in [5, 5.41) is 0. The van der Waals surface area contributed by atoms with E-state index in [-0.39, 0.29) is 0 Å². The first-order valence-electron chi connectivity index (χ1n) is 5.05. The fraction of sp³-hybridized carbons (Fsp3) is 0.583. The molecule has 0 nitrogen and oxygen atoms in total. The molecule has 1 aliphatic rings. The van der Waals surface area contributed by atoms with Crippen molar-refractivity contribution in [3.63, 3.8) is 0 Å². The Balaban J connectivity index is 2.03. The highest BCUT2D eigenvalue weighted by molar-refractivity contribution is 5.14. The van der Waals surface area contributed by atoms with Crippen molar-refractivity contribution in [2.24, 2.45) is 0 Å². The van der Waals surface area contributed by atoms with Crippen LogP contribution < -0.4 is 0 Å². The molecule has 0 saturated carbocycles. The van der Waals surface area contributed by atoms with E-state index in [1.165, 1.54) is 32.1 Å². The molecule has 0 fully saturated rings. The SMILES string of the molecule is [CH2]CCCCCC1=CCC=CC1. The van der Waals surface area contributed by atoms with Crippen LogP contribution in [0.2, 0.25) is 0 Å². The van der Waals surface area contributed by atoms with Gasteiger partial charge in [-0.1, -0.05) is 50.0 Å². The third kappa shape index (κ3) is 3.75. The lowest BCUT2D eigenvalue weighted by Gasteiger charge is -2.07. The van der Waals surface area contributed by atoms with E-state index in [4.69, 9.17) is 0 Å². The quantitative estimate of drug-likeness (QED) is 0.423. The Bertz CT molecular complexity index is 163. The van der Waals surface area contributed by atoms with Gasteiger partial charge in [-0.3, -0.25) is 0 Å². The van der Waals surface area contributed by atoms with Crippen molar-refractivity contribution < 1.29 is 0 Å². The lowest BCUT2D eigenvalue weighted by molar-refractivity contribution is 0.676. The lowest BCUT2D eigenvalue weighted by atomic mass is 9.99. The van der Waals surface area contributed by atoms with Gasteiger partial charge in [-0.25, -0.2) is 0 Å². The molecule has 67 valence electrons. The Morgan fingerprint density at radius 3 is 2.75 bits per heavy atom. The number of hydrogen-bond donors (Lipinski definition) is 0. The van der Waals surface area contributed by atoms with Crippen molar-refractivity contribution in [1.29, 1.82) is 0 Å². The maximum absolute atomic E-state index is 3.84. The van der Waals surface area contributed by atoms with Crippen molar-refractivity contribution in [2.75, 3.05) is 0 Å². The molecule has 0 saturated heterocycles. The third-order valence-corrected chi connectivity index (χ3v) is 2.34. The van der Waals surface area contributed by atoms with Crippen LogP contribution in [-0.4, -0.2) is 0 Å². The van der Waals surface area contributed by atoms with Crippen LogP contribution in [-0.2, 0) is 0 Å². The predicted molar refractivity (Wildman–Crippen MR) is 54.9 cm³/mol. The third-order valence-electron chi connectivity index (χ3n) is 2.34. The normalized spacial score (nSPS) is 16.2. The molecule has 0 aromatic rings. The van der Waals surface area contributed by atoms with Crippen molar-refractivity contribution in [3.8, 4) is 0 Å². The number of allylic oxidation sites excluding steroid dienone is 4. The maximum atomic E-state index is 3.84. The molecule has 0 aromatic carbocycles. The summed E-state index contributed by atoms with van der Waals surface area (Å²) in [6, 6.07) is 0. The molecule has 0 amide bonds. The average molecular weight is 163 g/mol. The molecule has 1 radical (unpaired) electrons. The molecule has 0 aromatic heterocycles. The highest BCUT2D eigenvalue weighted by atomic mass is 14.0. The number of hydrogen-bond acceptors (Lipinski definition) is 0. The van der Waals surface area contributed by atoms with E-state index in [1.54, 1.807) is 5.57 Å².